The molecule has 0 saturated heterocycles. The predicted molar refractivity (Wildman–Crippen MR) is 114 cm³/mol. The van der Waals surface area contributed by atoms with Crippen molar-refractivity contribution in [1.82, 2.24) is 14.1 Å². The summed E-state index contributed by atoms with van der Waals surface area (Å²) in [5.41, 5.74) is 0.626. The summed E-state index contributed by atoms with van der Waals surface area (Å²) in [5.74, 6) is 0.493. The number of aryl methyl sites for hydroxylation is 2. The van der Waals surface area contributed by atoms with Crippen LogP contribution in [-0.4, -0.2) is 34.2 Å². The molecule has 0 radical (unpaired) electrons. The molecule has 0 fully saturated rings. The van der Waals surface area contributed by atoms with Crippen molar-refractivity contribution in [2.45, 2.75) is 19.8 Å². The monoisotopic (exact) mass is 412 g/mol. The highest BCUT2D eigenvalue weighted by Crippen LogP contribution is 2.29. The lowest BCUT2D eigenvalue weighted by Crippen LogP contribution is -2.38. The highest BCUT2D eigenvalue weighted by Gasteiger charge is 2.20. The molecule has 1 aromatic carbocycles. The molecular formula is C21H24N4O5. The molecule has 0 aliphatic heterocycles. The van der Waals surface area contributed by atoms with Crippen LogP contribution in [0, 0.1) is 0 Å². The maximum Gasteiger partial charge on any atom is 0.332 e. The molecule has 0 bridgehead atoms. The lowest BCUT2D eigenvalue weighted by atomic mass is 10.1. The topological polar surface area (TPSA) is 104 Å². The molecule has 3 aromatic rings. The minimum atomic E-state index is -0.513. The second-order valence-electron chi connectivity index (χ2n) is 6.84. The van der Waals surface area contributed by atoms with Crippen molar-refractivity contribution < 1.29 is 14.3 Å². The molecule has 2 heterocycles. The van der Waals surface area contributed by atoms with Crippen molar-refractivity contribution in [3.63, 3.8) is 0 Å². The molecule has 0 aliphatic rings. The maximum absolute atomic E-state index is 13.0. The molecule has 2 aromatic heterocycles. The van der Waals surface area contributed by atoms with Crippen LogP contribution in [-0.2, 0) is 20.5 Å². The highest BCUT2D eigenvalue weighted by atomic mass is 16.5. The van der Waals surface area contributed by atoms with Gasteiger partial charge >= 0.3 is 5.69 Å². The van der Waals surface area contributed by atoms with Gasteiger partial charge in [-0.3, -0.25) is 18.7 Å². The SMILES string of the molecule is CCCc1cnc2c(c1NC(=O)c1ccc(OC)c(OC)c1)c(=O)n(C)c(=O)n2C. The van der Waals surface area contributed by atoms with Gasteiger partial charge in [-0.25, -0.2) is 9.78 Å². The van der Waals surface area contributed by atoms with Crippen LogP contribution in [0.5, 0.6) is 11.5 Å². The minimum Gasteiger partial charge on any atom is -0.493 e. The van der Waals surface area contributed by atoms with Gasteiger partial charge in [0.05, 0.1) is 19.9 Å². The molecule has 9 nitrogen and oxygen atoms in total. The number of nitrogens with zero attached hydrogens (tertiary/aromatic N) is 3. The zero-order valence-corrected chi connectivity index (χ0v) is 17.6. The van der Waals surface area contributed by atoms with Crippen LogP contribution < -0.4 is 26.0 Å². The summed E-state index contributed by atoms with van der Waals surface area (Å²) < 4.78 is 12.8. The summed E-state index contributed by atoms with van der Waals surface area (Å²) in [6.07, 6.45) is 2.99. The van der Waals surface area contributed by atoms with Crippen LogP contribution in [0.4, 0.5) is 5.69 Å². The lowest BCUT2D eigenvalue weighted by Gasteiger charge is -2.16. The molecule has 0 aliphatic carbocycles. The van der Waals surface area contributed by atoms with E-state index >= 15 is 0 Å². The number of amides is 1. The molecule has 158 valence electrons. The fourth-order valence-electron chi connectivity index (χ4n) is 3.33. The number of pyridine rings is 1. The Morgan fingerprint density at radius 1 is 1.10 bits per heavy atom. The van der Waals surface area contributed by atoms with Gasteiger partial charge in [-0.1, -0.05) is 13.3 Å². The second kappa shape index (κ2) is 8.40. The van der Waals surface area contributed by atoms with E-state index in [2.05, 4.69) is 10.3 Å². The van der Waals surface area contributed by atoms with Crippen LogP contribution in [0.25, 0.3) is 11.0 Å². The fourth-order valence-corrected chi connectivity index (χ4v) is 3.33. The first-order valence-corrected chi connectivity index (χ1v) is 9.45. The Morgan fingerprint density at radius 2 is 1.80 bits per heavy atom. The maximum atomic E-state index is 13.0. The van der Waals surface area contributed by atoms with E-state index in [4.69, 9.17) is 9.47 Å². The third-order valence-corrected chi connectivity index (χ3v) is 4.95. The van der Waals surface area contributed by atoms with Gasteiger partial charge in [0.15, 0.2) is 17.1 Å². The van der Waals surface area contributed by atoms with Gasteiger partial charge in [0.25, 0.3) is 11.5 Å². The van der Waals surface area contributed by atoms with E-state index in [0.717, 1.165) is 16.6 Å². The molecule has 0 spiro atoms. The van der Waals surface area contributed by atoms with Gasteiger partial charge in [0.2, 0.25) is 0 Å². The summed E-state index contributed by atoms with van der Waals surface area (Å²) in [6, 6.07) is 4.80. The van der Waals surface area contributed by atoms with E-state index < -0.39 is 17.2 Å². The number of carbonyl (C=O) groups is 1. The molecule has 0 saturated carbocycles. The summed E-state index contributed by atoms with van der Waals surface area (Å²) in [4.78, 5) is 42.5. The van der Waals surface area contributed by atoms with Crippen molar-refractivity contribution in [3.05, 3.63) is 56.4 Å². The van der Waals surface area contributed by atoms with Crippen LogP contribution in [0.15, 0.2) is 34.0 Å². The average Bonchev–Trinajstić information content (AvgIpc) is 2.76. The van der Waals surface area contributed by atoms with E-state index in [9.17, 15) is 14.4 Å². The number of rotatable bonds is 6. The third kappa shape index (κ3) is 3.54. The van der Waals surface area contributed by atoms with Crippen LogP contribution in [0.2, 0.25) is 0 Å². The van der Waals surface area contributed by atoms with E-state index in [1.807, 2.05) is 6.92 Å². The lowest BCUT2D eigenvalue weighted by molar-refractivity contribution is 0.102. The number of hydrogen-bond donors (Lipinski definition) is 1. The van der Waals surface area contributed by atoms with Crippen LogP contribution in [0.1, 0.15) is 29.3 Å². The van der Waals surface area contributed by atoms with Gasteiger partial charge in [0.1, 0.15) is 5.39 Å². The number of aromatic nitrogens is 3. The Labute approximate surface area is 172 Å². The molecule has 30 heavy (non-hydrogen) atoms. The zero-order valence-electron chi connectivity index (χ0n) is 17.6. The molecule has 3 rings (SSSR count). The quantitative estimate of drug-likeness (QED) is 0.663. The van der Waals surface area contributed by atoms with Crippen LogP contribution in [0.3, 0.4) is 0 Å². The molecule has 1 amide bonds. The largest absolute Gasteiger partial charge is 0.493 e. The van der Waals surface area contributed by atoms with Gasteiger partial charge in [-0.05, 0) is 30.2 Å². The van der Waals surface area contributed by atoms with E-state index in [0.29, 0.717) is 29.2 Å². The van der Waals surface area contributed by atoms with Crippen molar-refractivity contribution in [2.75, 3.05) is 19.5 Å². The number of hydrogen-bond acceptors (Lipinski definition) is 6. The van der Waals surface area contributed by atoms with Gasteiger partial charge in [0, 0.05) is 25.9 Å². The molecule has 9 heteroatoms. The first-order valence-electron chi connectivity index (χ1n) is 9.45. The smallest absolute Gasteiger partial charge is 0.332 e. The standard InChI is InChI=1S/C21H24N4O5/c1-6-7-13-11-22-18-16(20(27)25(3)21(28)24(18)2)17(13)23-19(26)12-8-9-14(29-4)15(10-12)30-5/h8-11H,6-7H2,1-5H3,(H,22,23,26). The number of ether oxygens (including phenoxy) is 2. The van der Waals surface area contributed by atoms with Crippen molar-refractivity contribution >= 4 is 22.6 Å². The Bertz CT molecular complexity index is 1240. The summed E-state index contributed by atoms with van der Waals surface area (Å²) >= 11 is 0. The summed E-state index contributed by atoms with van der Waals surface area (Å²) in [5, 5.41) is 3.05. The molecule has 1 N–H and O–H groups in total. The van der Waals surface area contributed by atoms with Crippen molar-refractivity contribution in [2.24, 2.45) is 14.1 Å². The third-order valence-electron chi connectivity index (χ3n) is 4.95. The summed E-state index contributed by atoms with van der Waals surface area (Å²) in [7, 11) is 5.93. The first kappa shape index (κ1) is 21.1. The van der Waals surface area contributed by atoms with Crippen LogP contribution >= 0.6 is 0 Å². The number of carbonyl (C=O) groups excluding carboxylic acids is 1. The van der Waals surface area contributed by atoms with Gasteiger partial charge in [-0.2, -0.15) is 0 Å². The van der Waals surface area contributed by atoms with Crippen molar-refractivity contribution in [3.8, 4) is 11.5 Å². The van der Waals surface area contributed by atoms with E-state index in [1.165, 1.54) is 32.9 Å². The zero-order chi connectivity index (χ0) is 22.0. The second-order valence-corrected chi connectivity index (χ2v) is 6.84. The van der Waals surface area contributed by atoms with Gasteiger partial charge in [-0.15, -0.1) is 0 Å². The van der Waals surface area contributed by atoms with Gasteiger partial charge < -0.3 is 14.8 Å². The Hall–Kier alpha value is -3.62. The number of benzene rings is 1. The molecule has 0 atom stereocenters. The Kier molecular flexibility index (Phi) is 5.91. The number of anilines is 1. The summed E-state index contributed by atoms with van der Waals surface area (Å²) in [6.45, 7) is 1.99. The number of fused-ring (bicyclic) bond motifs is 1. The van der Waals surface area contributed by atoms with Crippen molar-refractivity contribution in [1.29, 1.82) is 0 Å². The fraction of sp³-hybridized carbons (Fsp3) is 0.333. The Morgan fingerprint density at radius 3 is 2.43 bits per heavy atom. The molecular weight excluding hydrogens is 388 g/mol. The van der Waals surface area contributed by atoms with E-state index in [1.54, 1.807) is 24.4 Å². The Balaban J connectivity index is 2.19. The minimum absolute atomic E-state index is 0.194. The average molecular weight is 412 g/mol. The first-order chi connectivity index (χ1) is 14.3. The normalized spacial score (nSPS) is 10.8. The highest BCUT2D eigenvalue weighted by molar-refractivity contribution is 6.09. The molecule has 0 unspecified atom stereocenters. The van der Waals surface area contributed by atoms with E-state index in [-0.39, 0.29) is 11.0 Å². The number of methoxy groups -OCH3 is 2. The number of nitrogens with one attached hydrogen (secondary N) is 1. The predicted octanol–water partition coefficient (Wildman–Crippen LogP) is 1.85.